The lowest BCUT2D eigenvalue weighted by Gasteiger charge is -2.36. The SMILES string of the molecule is C[C@@H]1CN(C(=O)CN2CC=C(c3cnn(C(C)(C)C)c3)CC2)C[C@H](C)O1. The average molecular weight is 361 g/mol. The van der Waals surface area contributed by atoms with Gasteiger partial charge in [-0.3, -0.25) is 14.4 Å². The molecule has 6 heteroatoms. The Morgan fingerprint density at radius 2 is 1.96 bits per heavy atom. The Kier molecular flexibility index (Phi) is 5.53. The summed E-state index contributed by atoms with van der Waals surface area (Å²) in [6.07, 6.45) is 7.52. The number of aromatic nitrogens is 2. The molecule has 0 aliphatic carbocycles. The highest BCUT2D eigenvalue weighted by Crippen LogP contribution is 2.24. The lowest BCUT2D eigenvalue weighted by Crippen LogP contribution is -2.51. The number of hydrogen-bond acceptors (Lipinski definition) is 4. The molecule has 0 unspecified atom stereocenters. The molecule has 1 fully saturated rings. The monoisotopic (exact) mass is 360 g/mol. The Labute approximate surface area is 156 Å². The van der Waals surface area contributed by atoms with Gasteiger partial charge in [0.2, 0.25) is 5.91 Å². The van der Waals surface area contributed by atoms with Crippen LogP contribution in [0.1, 0.15) is 46.6 Å². The number of hydrogen-bond donors (Lipinski definition) is 0. The van der Waals surface area contributed by atoms with E-state index >= 15 is 0 Å². The maximum atomic E-state index is 12.6. The Morgan fingerprint density at radius 3 is 2.50 bits per heavy atom. The van der Waals surface area contributed by atoms with Gasteiger partial charge in [0.15, 0.2) is 0 Å². The molecule has 1 amide bonds. The fourth-order valence-corrected chi connectivity index (χ4v) is 3.65. The molecule has 0 spiro atoms. The first kappa shape index (κ1) is 19.1. The molecule has 0 saturated carbocycles. The predicted octanol–water partition coefficient (Wildman–Crippen LogP) is 2.36. The summed E-state index contributed by atoms with van der Waals surface area (Å²) in [6, 6.07) is 0. The smallest absolute Gasteiger partial charge is 0.236 e. The molecule has 0 N–H and O–H groups in total. The van der Waals surface area contributed by atoms with Crippen molar-refractivity contribution in [2.24, 2.45) is 0 Å². The number of amides is 1. The van der Waals surface area contributed by atoms with Gasteiger partial charge in [0.05, 0.1) is 30.5 Å². The van der Waals surface area contributed by atoms with Crippen LogP contribution < -0.4 is 0 Å². The van der Waals surface area contributed by atoms with Gasteiger partial charge in [-0.15, -0.1) is 0 Å². The average Bonchev–Trinajstić information content (AvgIpc) is 3.05. The van der Waals surface area contributed by atoms with Crippen LogP contribution in [-0.2, 0) is 15.1 Å². The minimum atomic E-state index is -0.00162. The van der Waals surface area contributed by atoms with Crippen LogP contribution in [0.4, 0.5) is 0 Å². The number of carbonyl (C=O) groups is 1. The zero-order chi connectivity index (χ0) is 18.9. The zero-order valence-corrected chi connectivity index (χ0v) is 16.7. The molecule has 2 atom stereocenters. The largest absolute Gasteiger partial charge is 0.372 e. The van der Waals surface area contributed by atoms with Crippen molar-refractivity contribution in [2.45, 2.75) is 58.8 Å². The van der Waals surface area contributed by atoms with Gasteiger partial charge in [-0.05, 0) is 46.6 Å². The van der Waals surface area contributed by atoms with Crippen molar-refractivity contribution < 1.29 is 9.53 Å². The molecular formula is C20H32N4O2. The highest BCUT2D eigenvalue weighted by molar-refractivity contribution is 5.78. The van der Waals surface area contributed by atoms with Crippen LogP contribution in [0.5, 0.6) is 0 Å². The molecule has 6 nitrogen and oxygen atoms in total. The van der Waals surface area contributed by atoms with Crippen molar-refractivity contribution in [1.29, 1.82) is 0 Å². The highest BCUT2D eigenvalue weighted by atomic mass is 16.5. The van der Waals surface area contributed by atoms with E-state index in [1.807, 2.05) is 29.6 Å². The third-order valence-electron chi connectivity index (χ3n) is 5.07. The molecule has 1 aromatic rings. The Balaban J connectivity index is 1.56. The van der Waals surface area contributed by atoms with E-state index in [4.69, 9.17) is 4.74 Å². The first-order valence-corrected chi connectivity index (χ1v) is 9.62. The second-order valence-electron chi connectivity index (χ2n) is 8.61. The second-order valence-corrected chi connectivity index (χ2v) is 8.61. The molecule has 3 heterocycles. The van der Waals surface area contributed by atoms with E-state index in [0.717, 1.165) is 19.5 Å². The predicted molar refractivity (Wildman–Crippen MR) is 103 cm³/mol. The van der Waals surface area contributed by atoms with E-state index in [2.05, 4.69) is 43.0 Å². The number of ether oxygens (including phenoxy) is 1. The minimum absolute atomic E-state index is 0.00162. The number of nitrogens with zero attached hydrogens (tertiary/aromatic N) is 4. The molecule has 1 aromatic heterocycles. The molecule has 26 heavy (non-hydrogen) atoms. The fourth-order valence-electron chi connectivity index (χ4n) is 3.65. The van der Waals surface area contributed by atoms with Crippen LogP contribution >= 0.6 is 0 Å². The summed E-state index contributed by atoms with van der Waals surface area (Å²) in [5, 5.41) is 4.49. The maximum absolute atomic E-state index is 12.6. The van der Waals surface area contributed by atoms with E-state index in [0.29, 0.717) is 19.6 Å². The zero-order valence-electron chi connectivity index (χ0n) is 16.7. The second kappa shape index (κ2) is 7.53. The maximum Gasteiger partial charge on any atom is 0.236 e. The van der Waals surface area contributed by atoms with Crippen LogP contribution in [0.3, 0.4) is 0 Å². The van der Waals surface area contributed by atoms with Gasteiger partial charge in [0.1, 0.15) is 0 Å². The van der Waals surface area contributed by atoms with Crippen LogP contribution in [0.25, 0.3) is 5.57 Å². The van der Waals surface area contributed by atoms with Crippen LogP contribution in [0.15, 0.2) is 18.5 Å². The van der Waals surface area contributed by atoms with Crippen molar-refractivity contribution in [3.8, 4) is 0 Å². The lowest BCUT2D eigenvalue weighted by atomic mass is 10.0. The number of morpholine rings is 1. The summed E-state index contributed by atoms with van der Waals surface area (Å²) in [5.74, 6) is 0.212. The summed E-state index contributed by atoms with van der Waals surface area (Å²) < 4.78 is 7.73. The molecule has 0 aromatic carbocycles. The van der Waals surface area contributed by atoms with Gasteiger partial charge in [-0.2, -0.15) is 5.10 Å². The molecule has 2 aliphatic heterocycles. The third kappa shape index (κ3) is 4.54. The van der Waals surface area contributed by atoms with Gasteiger partial charge >= 0.3 is 0 Å². The summed E-state index contributed by atoms with van der Waals surface area (Å²) >= 11 is 0. The van der Waals surface area contributed by atoms with Crippen LogP contribution in [0, 0.1) is 0 Å². The standard InChI is InChI=1S/C20H32N4O2/c1-15-11-23(12-16(2)26-15)19(25)14-22-8-6-17(7-9-22)18-10-21-24(13-18)20(3,4)5/h6,10,13,15-16H,7-9,11-12,14H2,1-5H3/t15-,16+. The molecule has 2 aliphatic rings. The molecule has 3 rings (SSSR count). The Hall–Kier alpha value is -1.66. The van der Waals surface area contributed by atoms with Crippen molar-refractivity contribution in [3.05, 3.63) is 24.0 Å². The summed E-state index contributed by atoms with van der Waals surface area (Å²) in [5.41, 5.74) is 2.53. The van der Waals surface area contributed by atoms with E-state index in [-0.39, 0.29) is 23.7 Å². The molecule has 1 saturated heterocycles. The summed E-state index contributed by atoms with van der Waals surface area (Å²) in [7, 11) is 0. The third-order valence-corrected chi connectivity index (χ3v) is 5.07. The van der Waals surface area contributed by atoms with Crippen molar-refractivity contribution in [2.75, 3.05) is 32.7 Å². The first-order chi connectivity index (χ1) is 12.2. The minimum Gasteiger partial charge on any atom is -0.372 e. The Bertz CT molecular complexity index is 664. The highest BCUT2D eigenvalue weighted by Gasteiger charge is 2.27. The first-order valence-electron chi connectivity index (χ1n) is 9.62. The number of carbonyl (C=O) groups excluding carboxylic acids is 1. The van der Waals surface area contributed by atoms with Crippen molar-refractivity contribution in [3.63, 3.8) is 0 Å². The summed E-state index contributed by atoms with van der Waals surface area (Å²) in [6.45, 7) is 14.1. The molecular weight excluding hydrogens is 328 g/mol. The van der Waals surface area contributed by atoms with Crippen molar-refractivity contribution in [1.82, 2.24) is 19.6 Å². The lowest BCUT2D eigenvalue weighted by molar-refractivity contribution is -0.144. The van der Waals surface area contributed by atoms with E-state index in [9.17, 15) is 4.79 Å². The summed E-state index contributed by atoms with van der Waals surface area (Å²) in [4.78, 5) is 16.8. The van der Waals surface area contributed by atoms with Crippen molar-refractivity contribution >= 4 is 11.5 Å². The van der Waals surface area contributed by atoms with E-state index < -0.39 is 0 Å². The molecule has 144 valence electrons. The van der Waals surface area contributed by atoms with E-state index in [1.54, 1.807) is 0 Å². The van der Waals surface area contributed by atoms with Gasteiger partial charge in [-0.25, -0.2) is 0 Å². The van der Waals surface area contributed by atoms with Gasteiger partial charge < -0.3 is 9.64 Å². The van der Waals surface area contributed by atoms with E-state index in [1.165, 1.54) is 11.1 Å². The van der Waals surface area contributed by atoms with Crippen LogP contribution in [-0.4, -0.2) is 70.4 Å². The van der Waals surface area contributed by atoms with Gasteiger partial charge in [-0.1, -0.05) is 6.08 Å². The number of rotatable bonds is 3. The van der Waals surface area contributed by atoms with Crippen LogP contribution in [0.2, 0.25) is 0 Å². The molecule has 0 bridgehead atoms. The topological polar surface area (TPSA) is 50.6 Å². The fraction of sp³-hybridized carbons (Fsp3) is 0.700. The van der Waals surface area contributed by atoms with Gasteiger partial charge in [0.25, 0.3) is 0 Å². The van der Waals surface area contributed by atoms with Gasteiger partial charge in [0, 0.05) is 37.9 Å². The molecule has 0 radical (unpaired) electrons. The quantitative estimate of drug-likeness (QED) is 0.830. The normalized spacial score (nSPS) is 25.3. The Morgan fingerprint density at radius 1 is 1.27 bits per heavy atom.